The number of nitrogens with zero attached hydrogens (tertiary/aromatic N) is 1. The second-order valence-electron chi connectivity index (χ2n) is 6.17. The van der Waals surface area contributed by atoms with Gasteiger partial charge in [0.15, 0.2) is 0 Å². The molecule has 4 nitrogen and oxygen atoms in total. The molecule has 0 heterocycles. The summed E-state index contributed by atoms with van der Waals surface area (Å²) in [5.41, 5.74) is 1.09. The molecule has 2 rings (SSSR count). The second-order valence-corrected chi connectivity index (χ2v) is 6.61. The number of carbonyl (C=O) groups is 2. The van der Waals surface area contributed by atoms with E-state index in [4.69, 9.17) is 11.6 Å². The first-order chi connectivity index (χ1) is 11.1. The fraction of sp³-hybridized carbons (Fsp3) is 0.556. The molecule has 1 aliphatic rings. The van der Waals surface area contributed by atoms with Crippen LogP contribution in [0.5, 0.6) is 0 Å². The number of halogens is 1. The summed E-state index contributed by atoms with van der Waals surface area (Å²) in [4.78, 5) is 25.7. The summed E-state index contributed by atoms with van der Waals surface area (Å²) in [6.45, 7) is 2.26. The predicted molar refractivity (Wildman–Crippen MR) is 92.4 cm³/mol. The molecule has 1 saturated carbocycles. The van der Waals surface area contributed by atoms with Crippen molar-refractivity contribution in [3.8, 4) is 0 Å². The third-order valence-electron chi connectivity index (χ3n) is 4.36. The van der Waals surface area contributed by atoms with Crippen LogP contribution in [0, 0.1) is 0 Å². The monoisotopic (exact) mass is 336 g/mol. The highest BCUT2D eigenvalue weighted by Crippen LogP contribution is 2.22. The van der Waals surface area contributed by atoms with Gasteiger partial charge in [0.05, 0.1) is 6.54 Å². The van der Waals surface area contributed by atoms with E-state index in [1.807, 2.05) is 24.3 Å². The topological polar surface area (TPSA) is 49.4 Å². The highest BCUT2D eigenvalue weighted by Gasteiger charge is 2.24. The zero-order valence-corrected chi connectivity index (χ0v) is 14.4. The molecule has 1 N–H and O–H groups in total. The lowest BCUT2D eigenvalue weighted by Gasteiger charge is -2.33. The van der Waals surface area contributed by atoms with Gasteiger partial charge in [-0.1, -0.05) is 43.0 Å². The Morgan fingerprint density at radius 2 is 2.00 bits per heavy atom. The van der Waals surface area contributed by atoms with Crippen LogP contribution >= 0.6 is 11.6 Å². The fourth-order valence-electron chi connectivity index (χ4n) is 3.14. The molecule has 1 fully saturated rings. The van der Waals surface area contributed by atoms with E-state index in [0.717, 1.165) is 37.7 Å². The highest BCUT2D eigenvalue weighted by atomic mass is 35.5. The van der Waals surface area contributed by atoms with Gasteiger partial charge < -0.3 is 10.2 Å². The summed E-state index contributed by atoms with van der Waals surface area (Å²) in [6.07, 6.45) is 6.27. The van der Waals surface area contributed by atoms with Gasteiger partial charge in [-0.2, -0.15) is 0 Å². The van der Waals surface area contributed by atoms with Gasteiger partial charge in [-0.05, 0) is 37.0 Å². The van der Waals surface area contributed by atoms with E-state index < -0.39 is 0 Å². The van der Waals surface area contributed by atoms with Gasteiger partial charge in [0.1, 0.15) is 0 Å². The zero-order chi connectivity index (χ0) is 16.7. The number of rotatable bonds is 6. The minimum absolute atomic E-state index is 0.0121. The van der Waals surface area contributed by atoms with Crippen molar-refractivity contribution in [2.24, 2.45) is 0 Å². The molecule has 0 atom stereocenters. The first-order valence-electron chi connectivity index (χ1n) is 8.34. The second kappa shape index (κ2) is 8.92. The summed E-state index contributed by atoms with van der Waals surface area (Å²) in [5, 5.41) is 3.60. The van der Waals surface area contributed by atoms with Gasteiger partial charge in [-0.15, -0.1) is 0 Å². The number of carbonyl (C=O) groups excluding carboxylic acids is 2. The van der Waals surface area contributed by atoms with Crippen LogP contribution in [0.15, 0.2) is 24.3 Å². The molecular weight excluding hydrogens is 312 g/mol. The number of amides is 2. The summed E-state index contributed by atoms with van der Waals surface area (Å²) >= 11 is 5.94. The lowest BCUT2D eigenvalue weighted by molar-refractivity contribution is -0.137. The van der Waals surface area contributed by atoms with Crippen LogP contribution in [0.2, 0.25) is 5.02 Å². The quantitative estimate of drug-likeness (QED) is 0.867. The van der Waals surface area contributed by atoms with Crippen molar-refractivity contribution in [1.29, 1.82) is 0 Å². The maximum absolute atomic E-state index is 12.1. The zero-order valence-electron chi connectivity index (χ0n) is 13.7. The van der Waals surface area contributed by atoms with Crippen molar-refractivity contribution in [2.45, 2.75) is 51.5 Å². The van der Waals surface area contributed by atoms with Crippen LogP contribution in [0.3, 0.4) is 0 Å². The van der Waals surface area contributed by atoms with E-state index in [1.54, 1.807) is 11.8 Å². The number of nitrogens with one attached hydrogen (secondary N) is 1. The molecule has 0 radical (unpaired) electrons. The van der Waals surface area contributed by atoms with Crippen LogP contribution < -0.4 is 5.32 Å². The Kier molecular flexibility index (Phi) is 6.90. The van der Waals surface area contributed by atoms with Crippen LogP contribution in [-0.2, 0) is 16.0 Å². The minimum atomic E-state index is -0.0900. The first kappa shape index (κ1) is 17.8. The highest BCUT2D eigenvalue weighted by molar-refractivity contribution is 6.30. The van der Waals surface area contributed by atoms with Crippen molar-refractivity contribution >= 4 is 23.4 Å². The van der Waals surface area contributed by atoms with Gasteiger partial charge in [0.25, 0.3) is 0 Å². The smallest absolute Gasteiger partial charge is 0.239 e. The van der Waals surface area contributed by atoms with E-state index in [9.17, 15) is 9.59 Å². The van der Waals surface area contributed by atoms with E-state index in [1.165, 1.54) is 6.42 Å². The normalized spacial score (nSPS) is 15.2. The molecule has 126 valence electrons. The molecule has 23 heavy (non-hydrogen) atoms. The van der Waals surface area contributed by atoms with Gasteiger partial charge in [0.2, 0.25) is 11.8 Å². The molecule has 0 aliphatic heterocycles. The van der Waals surface area contributed by atoms with E-state index >= 15 is 0 Å². The summed E-state index contributed by atoms with van der Waals surface area (Å²) in [6, 6.07) is 7.85. The van der Waals surface area contributed by atoms with Crippen molar-refractivity contribution in [2.75, 3.05) is 13.1 Å². The van der Waals surface area contributed by atoms with Crippen molar-refractivity contribution < 1.29 is 9.59 Å². The Labute approximate surface area is 143 Å². The van der Waals surface area contributed by atoms with Gasteiger partial charge in [-0.25, -0.2) is 0 Å². The predicted octanol–water partition coefficient (Wildman–Crippen LogP) is 3.18. The third-order valence-corrected chi connectivity index (χ3v) is 4.59. The summed E-state index contributed by atoms with van der Waals surface area (Å²) < 4.78 is 0. The third kappa shape index (κ3) is 5.87. The SMILES string of the molecule is CC(=O)N(CC(=O)NCCc1cccc(Cl)c1)C1CCCCC1. The first-order valence-corrected chi connectivity index (χ1v) is 8.72. The van der Waals surface area contributed by atoms with Gasteiger partial charge >= 0.3 is 0 Å². The molecule has 1 aliphatic carbocycles. The molecular formula is C18H25ClN2O2. The molecule has 5 heteroatoms. The average Bonchev–Trinajstić information content (AvgIpc) is 2.53. The van der Waals surface area contributed by atoms with Crippen molar-refractivity contribution in [1.82, 2.24) is 10.2 Å². The molecule has 0 unspecified atom stereocenters. The Hall–Kier alpha value is -1.55. The largest absolute Gasteiger partial charge is 0.354 e. The Bertz CT molecular complexity index is 542. The van der Waals surface area contributed by atoms with Crippen molar-refractivity contribution in [3.05, 3.63) is 34.9 Å². The Balaban J connectivity index is 1.78. The maximum atomic E-state index is 12.1. The molecule has 0 saturated heterocycles. The average molecular weight is 337 g/mol. The van der Waals surface area contributed by atoms with Gasteiger partial charge in [0, 0.05) is 24.5 Å². The number of benzene rings is 1. The van der Waals surface area contributed by atoms with E-state index in [-0.39, 0.29) is 24.4 Å². The summed E-state index contributed by atoms with van der Waals surface area (Å²) in [7, 11) is 0. The van der Waals surface area contributed by atoms with Crippen LogP contribution in [0.4, 0.5) is 0 Å². The molecule has 0 aromatic heterocycles. The maximum Gasteiger partial charge on any atom is 0.239 e. The van der Waals surface area contributed by atoms with Crippen LogP contribution in [0.1, 0.15) is 44.6 Å². The minimum Gasteiger partial charge on any atom is -0.354 e. The number of hydrogen-bond acceptors (Lipinski definition) is 2. The molecule has 0 bridgehead atoms. The van der Waals surface area contributed by atoms with E-state index in [0.29, 0.717) is 11.6 Å². The van der Waals surface area contributed by atoms with E-state index in [2.05, 4.69) is 5.32 Å². The molecule has 2 amide bonds. The van der Waals surface area contributed by atoms with Crippen molar-refractivity contribution in [3.63, 3.8) is 0 Å². The molecule has 0 spiro atoms. The fourth-order valence-corrected chi connectivity index (χ4v) is 3.35. The summed E-state index contributed by atoms with van der Waals surface area (Å²) in [5.74, 6) is -0.102. The Morgan fingerprint density at radius 3 is 2.65 bits per heavy atom. The standard InChI is InChI=1S/C18H25ClN2O2/c1-14(22)21(17-8-3-2-4-9-17)13-18(23)20-11-10-15-6-5-7-16(19)12-15/h5-7,12,17H,2-4,8-11,13H2,1H3,(H,20,23). The van der Waals surface area contributed by atoms with Gasteiger partial charge in [-0.3, -0.25) is 9.59 Å². The molecule has 1 aromatic rings. The lowest BCUT2D eigenvalue weighted by Crippen LogP contribution is -2.46. The lowest BCUT2D eigenvalue weighted by atomic mass is 9.94. The van der Waals surface area contributed by atoms with Crippen LogP contribution in [-0.4, -0.2) is 35.8 Å². The molecule has 1 aromatic carbocycles. The number of hydrogen-bond donors (Lipinski definition) is 1. The van der Waals surface area contributed by atoms with Crippen LogP contribution in [0.25, 0.3) is 0 Å². The Morgan fingerprint density at radius 1 is 1.26 bits per heavy atom.